The summed E-state index contributed by atoms with van der Waals surface area (Å²) in [6.07, 6.45) is 16.3. The van der Waals surface area contributed by atoms with Gasteiger partial charge in [-0.25, -0.2) is 76.0 Å². The number of piperidine rings is 4. The molecule has 12 atom stereocenters. The number of benzene rings is 6. The highest BCUT2D eigenvalue weighted by molar-refractivity contribution is 7.89. The summed E-state index contributed by atoms with van der Waals surface area (Å²) in [4.78, 5) is 51.2. The highest BCUT2D eigenvalue weighted by Crippen LogP contribution is 2.67. The molecular formula is C96H97Cl2F4N31O2S. The summed E-state index contributed by atoms with van der Waals surface area (Å²) >= 11 is 13.1. The van der Waals surface area contributed by atoms with Crippen LogP contribution in [0.4, 0.5) is 40.8 Å². The Morgan fingerprint density at radius 3 is 1.11 bits per heavy atom. The number of hydrogen-bond acceptors (Lipinski definition) is 25. The van der Waals surface area contributed by atoms with E-state index in [1.807, 2.05) is 117 Å². The molecule has 0 spiro atoms. The summed E-state index contributed by atoms with van der Waals surface area (Å²) < 4.78 is 87.3. The SMILES string of the molecule is Cc1c(-c2n[nH]c3nc(N4CC[C@@H]5[C@H](C4)[C@@]5(CN)c4ccccc4F)cnc23)cnn1C.Cc1nc2c(Cl)c(-c3n[nH]c4nc(N5CC[C@@H]6[C@H](C5)[C@@]6(CN)c5ccccc5F)cnc34)ccc2n1C.Cn1cc(-c2n[nH]c3nc(N4CC[C@@H]5[C@H](C4)[C@@]5(CN)c4ccccc4F)cnc23)cn1.NC[C@]1(c2ccccc2F)[C@@H]2CCN(c3cnc4c(-c5ccc(S(N)(=O)=O)cc5Cl)n[nH]c4n3)C[C@@H]21. The first-order valence-corrected chi connectivity index (χ1v) is 47.7. The fourth-order valence-corrected chi connectivity index (χ4v) is 24.7. The van der Waals surface area contributed by atoms with Gasteiger partial charge < -0.3 is 47.1 Å². The first-order chi connectivity index (χ1) is 65.8. The van der Waals surface area contributed by atoms with E-state index in [1.54, 1.807) is 66.0 Å². The molecule has 696 valence electrons. The molecule has 8 aliphatic rings. The first-order valence-electron chi connectivity index (χ1n) is 45.4. The maximum Gasteiger partial charge on any atom is 0.238 e. The molecule has 4 aliphatic heterocycles. The van der Waals surface area contributed by atoms with Gasteiger partial charge in [-0.15, -0.1) is 0 Å². The minimum atomic E-state index is -3.88. The van der Waals surface area contributed by atoms with Crippen LogP contribution in [0.2, 0.25) is 10.0 Å². The van der Waals surface area contributed by atoms with E-state index in [2.05, 4.69) is 85.5 Å². The Morgan fingerprint density at radius 1 is 0.419 bits per heavy atom. The van der Waals surface area contributed by atoms with Crippen molar-refractivity contribution in [1.82, 2.24) is 110 Å². The topological polar surface area (TPSA) is 448 Å². The molecule has 15 heterocycles. The van der Waals surface area contributed by atoms with Crippen LogP contribution >= 0.6 is 23.2 Å². The number of halogens is 6. The largest absolute Gasteiger partial charge is 0.355 e. The Hall–Kier alpha value is -13.3. The van der Waals surface area contributed by atoms with Gasteiger partial charge in [0.2, 0.25) is 10.0 Å². The van der Waals surface area contributed by atoms with E-state index in [-0.39, 0.29) is 66.7 Å². The van der Waals surface area contributed by atoms with Crippen LogP contribution in [-0.2, 0) is 52.8 Å². The molecule has 0 amide bonds. The van der Waals surface area contributed by atoms with Crippen LogP contribution < -0.4 is 47.7 Å². The Kier molecular flexibility index (Phi) is 21.7. The molecule has 4 aliphatic carbocycles. The molecule has 136 heavy (non-hydrogen) atoms. The summed E-state index contributed by atoms with van der Waals surface area (Å²) in [7, 11) is 1.86. The molecule has 40 heteroatoms. The lowest BCUT2D eigenvalue weighted by molar-refractivity contribution is 0.533. The number of aryl methyl sites for hydroxylation is 4. The van der Waals surface area contributed by atoms with E-state index in [0.717, 1.165) is 167 Å². The Morgan fingerprint density at radius 2 is 0.772 bits per heavy atom. The molecule has 4 saturated carbocycles. The lowest BCUT2D eigenvalue weighted by Gasteiger charge is -2.26. The number of fused-ring (bicyclic) bond motifs is 9. The predicted octanol–water partition coefficient (Wildman–Crippen LogP) is 12.0. The average molecular weight is 1900 g/mol. The number of sulfonamides is 1. The van der Waals surface area contributed by atoms with Crippen molar-refractivity contribution in [3.63, 3.8) is 0 Å². The maximum atomic E-state index is 14.7. The van der Waals surface area contributed by atoms with Gasteiger partial charge in [-0.1, -0.05) is 96.0 Å². The van der Waals surface area contributed by atoms with Gasteiger partial charge in [0.1, 0.15) is 103 Å². The molecule has 0 bridgehead atoms. The number of anilines is 4. The molecular weight excluding hydrogens is 1800 g/mol. The fraction of sp³-hybridized carbons (Fsp3) is 0.344. The van der Waals surface area contributed by atoms with Crippen LogP contribution in [0.25, 0.3) is 101 Å². The van der Waals surface area contributed by atoms with Crippen LogP contribution in [0, 0.1) is 84.5 Å². The van der Waals surface area contributed by atoms with Crippen LogP contribution in [0.15, 0.2) is 176 Å². The second-order valence-electron chi connectivity index (χ2n) is 37.0. The zero-order valence-electron chi connectivity index (χ0n) is 74.8. The van der Waals surface area contributed by atoms with E-state index in [1.165, 1.54) is 36.4 Å². The second-order valence-corrected chi connectivity index (χ2v) is 39.4. The molecule has 4 saturated heterocycles. The van der Waals surface area contributed by atoms with Crippen molar-refractivity contribution in [2.45, 2.75) is 66.1 Å². The van der Waals surface area contributed by atoms with Crippen LogP contribution in [-0.4, -0.2) is 197 Å². The van der Waals surface area contributed by atoms with E-state index in [9.17, 15) is 26.0 Å². The zero-order chi connectivity index (χ0) is 93.9. The molecule has 33 nitrogen and oxygen atoms in total. The van der Waals surface area contributed by atoms with Gasteiger partial charge in [0, 0.05) is 155 Å². The number of nitrogens with one attached hydrogen (secondary N) is 4. The molecule has 25 rings (SSSR count). The highest BCUT2D eigenvalue weighted by atomic mass is 35.5. The standard InChI is InChI=1S/C27H26ClFN8.C24H23ClFN7O2S.C23H25FN8.C22H23FN8/c1-14-32-24-20(36(14)2)8-7-15(22(24)28)23-25-26(35-34-23)33-21(11-31-25)37-10-9-16-18(12-37)27(16,13-30)17-5-3-4-6-19(17)29;25-18-9-13(36(28,34)35)5-6-14(18)21-22-23(32-31-21)30-20(10-29-22)33-8-7-15-17(11-33)24(15,12-27)16-3-1-2-4-19(16)26;1-13-14(9-27-31(13)2)20-21-22(30-29-20)28-19(10-26-21)32-8-7-15-17(11-32)23(15,12-25)16-5-3-4-6-18(16)24;1-30-10-13(8-26-30)19-20-21(29-28-19)27-18(9-25-20)31-7-6-14-16(11-31)22(14,12-24)15-4-2-3-5-17(15)23/h3-8,11,16,18H,9-10,12-13,30H2,1-2H3,(H,33,34,35);1-6,9-10,15,17H,7-8,11-12,27H2,(H2,28,34,35)(H,30,31,32);3-6,9-10,15,17H,7-8,11-12,25H2,1-2H3,(H,28,29,30);2-5,8-10,14,16H,6-7,11-12,24H2,1H3,(H,27,28,29)/t16-,18+,27-;15-,17+,24-;15-,17+,23-;14-,16+,22-/m1111/s1. The van der Waals surface area contributed by atoms with Gasteiger partial charge in [-0.05, 0) is 164 Å². The molecule has 0 radical (unpaired) electrons. The van der Waals surface area contributed by atoms with Gasteiger partial charge in [-0.3, -0.25) is 29.8 Å². The van der Waals surface area contributed by atoms with Gasteiger partial charge in [0.05, 0.1) is 57.6 Å². The van der Waals surface area contributed by atoms with Crippen LogP contribution in [0.1, 0.15) is 59.5 Å². The van der Waals surface area contributed by atoms with Crippen molar-refractivity contribution in [3.05, 3.63) is 238 Å². The van der Waals surface area contributed by atoms with Crippen LogP contribution in [0.5, 0.6) is 0 Å². The van der Waals surface area contributed by atoms with Crippen molar-refractivity contribution >= 4 is 112 Å². The molecule has 17 aromatic rings. The minimum Gasteiger partial charge on any atom is -0.355 e. The van der Waals surface area contributed by atoms with Gasteiger partial charge in [0.15, 0.2) is 22.6 Å². The van der Waals surface area contributed by atoms with Gasteiger partial charge >= 0.3 is 0 Å². The average Bonchev–Trinajstić information content (AvgIpc) is 1.54. The second kappa shape index (κ2) is 33.6. The third-order valence-corrected chi connectivity index (χ3v) is 32.6. The third-order valence-electron chi connectivity index (χ3n) is 31.0. The summed E-state index contributed by atoms with van der Waals surface area (Å²) in [6, 6.07) is 36.2. The number of nitrogens with zero attached hydrogens (tertiary/aromatic N) is 22. The number of aromatic nitrogens is 22. The quantitative estimate of drug-likeness (QED) is 0.0382. The number of H-pyrrole nitrogens is 4. The summed E-state index contributed by atoms with van der Waals surface area (Å²) in [5, 5.41) is 44.1. The third kappa shape index (κ3) is 14.2. The molecule has 0 unspecified atom stereocenters. The number of hydrogen-bond donors (Lipinski definition) is 9. The highest BCUT2D eigenvalue weighted by Gasteiger charge is 2.70. The summed E-state index contributed by atoms with van der Waals surface area (Å²) in [5.41, 5.74) is 40.1. The Labute approximate surface area is 786 Å². The number of primary sulfonamides is 1. The number of imidazole rings is 1. The number of aromatic amines is 4. The predicted molar refractivity (Wildman–Crippen MR) is 511 cm³/mol. The summed E-state index contributed by atoms with van der Waals surface area (Å²) in [5.74, 6) is 5.96. The van der Waals surface area contributed by atoms with Crippen molar-refractivity contribution < 1.29 is 26.0 Å². The molecule has 6 aromatic carbocycles. The van der Waals surface area contributed by atoms with Gasteiger partial charge in [0.25, 0.3) is 0 Å². The van der Waals surface area contributed by atoms with Crippen molar-refractivity contribution in [1.29, 1.82) is 0 Å². The van der Waals surface area contributed by atoms with E-state index in [4.69, 9.17) is 81.2 Å². The smallest absolute Gasteiger partial charge is 0.238 e. The van der Waals surface area contributed by atoms with Crippen molar-refractivity contribution in [3.8, 4) is 45.0 Å². The minimum absolute atomic E-state index is 0.0862. The Balaban J connectivity index is 0.000000105. The monoisotopic (exact) mass is 1890 g/mol. The van der Waals surface area contributed by atoms with Crippen molar-refractivity contribution in [2.75, 3.05) is 98.1 Å². The summed E-state index contributed by atoms with van der Waals surface area (Å²) in [6.45, 7) is 12.0. The van der Waals surface area contributed by atoms with E-state index < -0.39 is 10.0 Å². The van der Waals surface area contributed by atoms with E-state index >= 15 is 0 Å². The maximum absolute atomic E-state index is 14.7. The van der Waals surface area contributed by atoms with Crippen LogP contribution in [0.3, 0.4) is 0 Å². The lowest BCUT2D eigenvalue weighted by atomic mass is 9.91. The fourth-order valence-electron chi connectivity index (χ4n) is 23.6. The lowest BCUT2D eigenvalue weighted by Crippen LogP contribution is -2.32. The number of rotatable bonds is 17. The number of nitrogens with two attached hydrogens (primary N) is 5. The molecule has 11 aromatic heterocycles. The Bertz CT molecular complexity index is 7690. The van der Waals surface area contributed by atoms with Gasteiger partial charge in [-0.2, -0.15) is 30.6 Å². The first kappa shape index (κ1) is 88.0. The van der Waals surface area contributed by atoms with E-state index in [0.29, 0.717) is 135 Å². The van der Waals surface area contributed by atoms with Crippen molar-refractivity contribution in [2.24, 2.45) is 96.6 Å². The molecule has 14 N–H and O–H groups in total. The molecule has 8 fully saturated rings. The zero-order valence-corrected chi connectivity index (χ0v) is 77.1. The normalized spacial score (nSPS) is 24.1.